The van der Waals surface area contributed by atoms with Crippen LogP contribution in [0.15, 0.2) is 12.2 Å². The van der Waals surface area contributed by atoms with Crippen LogP contribution in [0.3, 0.4) is 0 Å². The second kappa shape index (κ2) is 14.7. The van der Waals surface area contributed by atoms with Gasteiger partial charge in [-0.1, -0.05) is 70.4 Å². The molecule has 25 heavy (non-hydrogen) atoms. The molecule has 0 unspecified atom stereocenters. The highest BCUT2D eigenvalue weighted by atomic mass is 16.5. The van der Waals surface area contributed by atoms with Crippen molar-refractivity contribution in [3.63, 3.8) is 0 Å². The molecule has 0 aliphatic carbocycles. The molecule has 1 rings (SSSR count). The molecule has 1 aliphatic rings. The summed E-state index contributed by atoms with van der Waals surface area (Å²) in [4.78, 5) is 0. The van der Waals surface area contributed by atoms with Crippen LogP contribution >= 0.6 is 0 Å². The summed E-state index contributed by atoms with van der Waals surface area (Å²) in [6.07, 6.45) is 13.6. The van der Waals surface area contributed by atoms with E-state index in [0.717, 1.165) is 6.42 Å². The Morgan fingerprint density at radius 2 is 1.64 bits per heavy atom. The summed E-state index contributed by atoms with van der Waals surface area (Å²) in [6, 6.07) is 0. The lowest BCUT2D eigenvalue weighted by atomic mass is 10.1. The third kappa shape index (κ3) is 10.3. The lowest BCUT2D eigenvalue weighted by molar-refractivity contribution is -0.0782. The molecule has 0 amide bonds. The van der Waals surface area contributed by atoms with Crippen molar-refractivity contribution in [2.75, 3.05) is 19.8 Å². The predicted molar refractivity (Wildman–Crippen MR) is 99.6 cm³/mol. The minimum atomic E-state index is -1.04. The van der Waals surface area contributed by atoms with E-state index in [9.17, 15) is 15.3 Å². The summed E-state index contributed by atoms with van der Waals surface area (Å²) in [5, 5.41) is 28.9. The Balaban J connectivity index is 1.87. The Hall–Kier alpha value is -0.460. The van der Waals surface area contributed by atoms with E-state index in [0.29, 0.717) is 6.61 Å². The van der Waals surface area contributed by atoms with E-state index in [1.807, 2.05) is 6.08 Å². The summed E-state index contributed by atoms with van der Waals surface area (Å²) in [5.41, 5.74) is 0. The molecule has 5 heteroatoms. The van der Waals surface area contributed by atoms with E-state index in [4.69, 9.17) is 9.47 Å². The quantitative estimate of drug-likeness (QED) is 0.310. The van der Waals surface area contributed by atoms with Crippen LogP contribution in [-0.2, 0) is 9.47 Å². The van der Waals surface area contributed by atoms with Crippen LogP contribution in [0.25, 0.3) is 0 Å². The molecule has 1 saturated heterocycles. The van der Waals surface area contributed by atoms with Gasteiger partial charge in [-0.2, -0.15) is 0 Å². The van der Waals surface area contributed by atoms with Crippen molar-refractivity contribution in [1.29, 1.82) is 0 Å². The highest BCUT2D eigenvalue weighted by molar-refractivity contribution is 4.88. The van der Waals surface area contributed by atoms with Gasteiger partial charge in [-0.15, -0.1) is 0 Å². The van der Waals surface area contributed by atoms with E-state index in [2.05, 4.69) is 13.0 Å². The molecule has 1 heterocycles. The van der Waals surface area contributed by atoms with Crippen molar-refractivity contribution in [3.8, 4) is 0 Å². The first-order valence-corrected chi connectivity index (χ1v) is 10.0. The average Bonchev–Trinajstić information content (AvgIpc) is 2.94. The summed E-state index contributed by atoms with van der Waals surface area (Å²) >= 11 is 0. The van der Waals surface area contributed by atoms with E-state index in [1.54, 1.807) is 0 Å². The van der Waals surface area contributed by atoms with Gasteiger partial charge in [-0.25, -0.2) is 0 Å². The molecule has 3 N–H and O–H groups in total. The Bertz CT molecular complexity index is 334. The lowest BCUT2D eigenvalue weighted by Crippen LogP contribution is -2.40. The number of unbranched alkanes of at least 4 members (excludes halogenated alkanes) is 9. The Kier molecular flexibility index (Phi) is 13.3. The van der Waals surface area contributed by atoms with Crippen LogP contribution in [0.4, 0.5) is 0 Å². The van der Waals surface area contributed by atoms with Gasteiger partial charge >= 0.3 is 0 Å². The van der Waals surface area contributed by atoms with E-state index in [-0.39, 0.29) is 13.2 Å². The van der Waals surface area contributed by atoms with Gasteiger partial charge in [0.15, 0.2) is 0 Å². The summed E-state index contributed by atoms with van der Waals surface area (Å²) in [5.74, 6) is 0. The normalized spacial score (nSPS) is 25.0. The maximum Gasteiger partial charge on any atom is 0.114 e. The molecule has 0 saturated carbocycles. The zero-order valence-corrected chi connectivity index (χ0v) is 15.8. The third-order valence-electron chi connectivity index (χ3n) is 4.71. The highest BCUT2D eigenvalue weighted by Gasteiger charge is 2.39. The first-order chi connectivity index (χ1) is 12.2. The number of hydrogen-bond acceptors (Lipinski definition) is 5. The molecule has 5 nitrogen and oxygen atoms in total. The van der Waals surface area contributed by atoms with Crippen LogP contribution < -0.4 is 0 Å². The topological polar surface area (TPSA) is 79.2 Å². The Labute approximate surface area is 153 Å². The van der Waals surface area contributed by atoms with Gasteiger partial charge in [0.2, 0.25) is 0 Å². The molecule has 1 aliphatic heterocycles. The largest absolute Gasteiger partial charge is 0.388 e. The SMILES string of the molecule is CCCCCCCCCCC/C=C/COC[C@H](O)[C@@H]1OC[C@@H](O)[C@@H]1O. The first kappa shape index (κ1) is 22.6. The fraction of sp³-hybridized carbons (Fsp3) is 0.900. The lowest BCUT2D eigenvalue weighted by Gasteiger charge is -2.20. The van der Waals surface area contributed by atoms with Crippen LogP contribution in [0.2, 0.25) is 0 Å². The second-order valence-electron chi connectivity index (χ2n) is 7.05. The molecule has 0 aromatic heterocycles. The summed E-state index contributed by atoms with van der Waals surface area (Å²) in [6.45, 7) is 2.85. The van der Waals surface area contributed by atoms with Gasteiger partial charge < -0.3 is 24.8 Å². The molecule has 148 valence electrons. The van der Waals surface area contributed by atoms with Crippen molar-refractivity contribution in [1.82, 2.24) is 0 Å². The van der Waals surface area contributed by atoms with Crippen molar-refractivity contribution < 1.29 is 24.8 Å². The van der Waals surface area contributed by atoms with Crippen LogP contribution in [0.1, 0.15) is 71.1 Å². The first-order valence-electron chi connectivity index (χ1n) is 10.0. The molecular formula is C20H38O5. The molecule has 4 atom stereocenters. The highest BCUT2D eigenvalue weighted by Crippen LogP contribution is 2.17. The monoisotopic (exact) mass is 358 g/mol. The van der Waals surface area contributed by atoms with Gasteiger partial charge in [0, 0.05) is 0 Å². The predicted octanol–water partition coefficient (Wildman–Crippen LogP) is 2.96. The number of ether oxygens (including phenoxy) is 2. The minimum absolute atomic E-state index is 0.0571. The van der Waals surface area contributed by atoms with Crippen molar-refractivity contribution >= 4 is 0 Å². The van der Waals surface area contributed by atoms with Crippen molar-refractivity contribution in [2.24, 2.45) is 0 Å². The fourth-order valence-electron chi connectivity index (χ4n) is 3.07. The number of allylic oxidation sites excluding steroid dienone is 1. The third-order valence-corrected chi connectivity index (χ3v) is 4.71. The van der Waals surface area contributed by atoms with Crippen LogP contribution in [-0.4, -0.2) is 59.6 Å². The van der Waals surface area contributed by atoms with Crippen molar-refractivity contribution in [3.05, 3.63) is 12.2 Å². The fourth-order valence-corrected chi connectivity index (χ4v) is 3.07. The zero-order valence-electron chi connectivity index (χ0n) is 15.8. The molecule has 0 spiro atoms. The second-order valence-corrected chi connectivity index (χ2v) is 7.05. The standard InChI is InChI=1S/C20H38O5/c1-2-3-4-5-6-7-8-9-10-11-12-13-14-24-15-18(22)20-19(23)17(21)16-25-20/h12-13,17-23H,2-11,14-16H2,1H3/b13-12+/t17-,18+,19+,20+/m1/s1. The minimum Gasteiger partial charge on any atom is -0.388 e. The maximum absolute atomic E-state index is 9.88. The Morgan fingerprint density at radius 3 is 2.24 bits per heavy atom. The average molecular weight is 359 g/mol. The van der Waals surface area contributed by atoms with Gasteiger partial charge in [-0.3, -0.25) is 0 Å². The number of rotatable bonds is 15. The maximum atomic E-state index is 9.88. The molecular weight excluding hydrogens is 320 g/mol. The molecule has 1 fully saturated rings. The summed E-state index contributed by atoms with van der Waals surface area (Å²) < 4.78 is 10.5. The van der Waals surface area contributed by atoms with Gasteiger partial charge in [-0.05, 0) is 12.8 Å². The Morgan fingerprint density at radius 1 is 1.00 bits per heavy atom. The van der Waals surface area contributed by atoms with Gasteiger partial charge in [0.05, 0.1) is 19.8 Å². The van der Waals surface area contributed by atoms with Crippen LogP contribution in [0.5, 0.6) is 0 Å². The van der Waals surface area contributed by atoms with Gasteiger partial charge in [0.25, 0.3) is 0 Å². The van der Waals surface area contributed by atoms with Crippen LogP contribution in [0, 0.1) is 0 Å². The molecule has 0 aromatic rings. The van der Waals surface area contributed by atoms with Gasteiger partial charge in [0.1, 0.15) is 24.4 Å². The zero-order chi connectivity index (χ0) is 18.3. The summed E-state index contributed by atoms with van der Waals surface area (Å²) in [7, 11) is 0. The smallest absolute Gasteiger partial charge is 0.114 e. The number of aliphatic hydroxyl groups excluding tert-OH is 3. The molecule has 0 aromatic carbocycles. The number of aliphatic hydroxyl groups is 3. The van der Waals surface area contributed by atoms with E-state index in [1.165, 1.54) is 57.8 Å². The molecule has 0 bridgehead atoms. The van der Waals surface area contributed by atoms with Crippen molar-refractivity contribution in [2.45, 2.75) is 95.5 Å². The van der Waals surface area contributed by atoms with E-state index >= 15 is 0 Å². The van der Waals surface area contributed by atoms with E-state index < -0.39 is 24.4 Å². The molecule has 0 radical (unpaired) electrons. The number of hydrogen-bond donors (Lipinski definition) is 3.